The van der Waals surface area contributed by atoms with Gasteiger partial charge >= 0.3 is 0 Å². The second kappa shape index (κ2) is 5.23. The molecule has 90 valence electrons. The Morgan fingerprint density at radius 3 is 2.88 bits per heavy atom. The van der Waals surface area contributed by atoms with Crippen LogP contribution < -0.4 is 4.74 Å². The van der Waals surface area contributed by atoms with Crippen LogP contribution in [0.25, 0.3) is 0 Å². The SMILES string of the molecule is COc1cccc(C(C)Sc2n[nH]c(C)n2)c1. The van der Waals surface area contributed by atoms with Gasteiger partial charge < -0.3 is 4.74 Å². The number of aryl methyl sites for hydroxylation is 1. The molecule has 0 amide bonds. The van der Waals surface area contributed by atoms with Crippen LogP contribution in [0, 0.1) is 6.92 Å². The van der Waals surface area contributed by atoms with Gasteiger partial charge in [-0.3, -0.25) is 5.10 Å². The first-order chi connectivity index (χ1) is 8.19. The van der Waals surface area contributed by atoms with E-state index in [0.29, 0.717) is 5.25 Å². The molecular weight excluding hydrogens is 234 g/mol. The predicted molar refractivity (Wildman–Crippen MR) is 68.4 cm³/mol. The summed E-state index contributed by atoms with van der Waals surface area (Å²) < 4.78 is 5.21. The number of aromatic amines is 1. The molecule has 1 N–H and O–H groups in total. The van der Waals surface area contributed by atoms with E-state index in [0.717, 1.165) is 16.7 Å². The van der Waals surface area contributed by atoms with Gasteiger partial charge in [0.1, 0.15) is 11.6 Å². The third kappa shape index (κ3) is 3.00. The van der Waals surface area contributed by atoms with Crippen molar-refractivity contribution >= 4 is 11.8 Å². The molecule has 1 aromatic heterocycles. The maximum absolute atomic E-state index is 5.21. The average molecular weight is 249 g/mol. The minimum absolute atomic E-state index is 0.292. The summed E-state index contributed by atoms with van der Waals surface area (Å²) in [5.41, 5.74) is 1.21. The van der Waals surface area contributed by atoms with E-state index < -0.39 is 0 Å². The number of rotatable bonds is 4. The van der Waals surface area contributed by atoms with Crippen molar-refractivity contribution < 1.29 is 4.74 Å². The molecule has 0 saturated heterocycles. The summed E-state index contributed by atoms with van der Waals surface area (Å²) in [6.07, 6.45) is 0. The first-order valence-corrected chi connectivity index (χ1v) is 6.26. The van der Waals surface area contributed by atoms with Crippen molar-refractivity contribution in [2.45, 2.75) is 24.3 Å². The Labute approximate surface area is 105 Å². The van der Waals surface area contributed by atoms with Crippen LogP contribution in [-0.2, 0) is 0 Å². The van der Waals surface area contributed by atoms with Crippen LogP contribution in [0.5, 0.6) is 5.75 Å². The Hall–Kier alpha value is -1.49. The minimum atomic E-state index is 0.292. The Morgan fingerprint density at radius 2 is 2.24 bits per heavy atom. The van der Waals surface area contributed by atoms with Crippen LogP contribution in [0.3, 0.4) is 0 Å². The molecule has 4 nitrogen and oxygen atoms in total. The number of ether oxygens (including phenoxy) is 1. The van der Waals surface area contributed by atoms with E-state index in [1.807, 2.05) is 25.1 Å². The normalized spacial score (nSPS) is 12.4. The maximum atomic E-state index is 5.21. The molecule has 2 aromatic rings. The van der Waals surface area contributed by atoms with Crippen molar-refractivity contribution in [1.29, 1.82) is 0 Å². The van der Waals surface area contributed by atoms with Crippen molar-refractivity contribution in [3.63, 3.8) is 0 Å². The Kier molecular flexibility index (Phi) is 3.68. The first-order valence-electron chi connectivity index (χ1n) is 5.38. The summed E-state index contributed by atoms with van der Waals surface area (Å²) in [6, 6.07) is 8.06. The molecule has 1 heterocycles. The molecule has 0 fully saturated rings. The number of nitrogens with zero attached hydrogens (tertiary/aromatic N) is 2. The summed E-state index contributed by atoms with van der Waals surface area (Å²) in [6.45, 7) is 4.03. The Morgan fingerprint density at radius 1 is 1.41 bits per heavy atom. The molecule has 0 saturated carbocycles. The van der Waals surface area contributed by atoms with E-state index in [2.05, 4.69) is 28.2 Å². The fourth-order valence-corrected chi connectivity index (χ4v) is 2.38. The van der Waals surface area contributed by atoms with Crippen LogP contribution in [0.2, 0.25) is 0 Å². The van der Waals surface area contributed by atoms with Gasteiger partial charge in [-0.05, 0) is 31.5 Å². The summed E-state index contributed by atoms with van der Waals surface area (Å²) in [5, 5.41) is 8.03. The van der Waals surface area contributed by atoms with E-state index in [-0.39, 0.29) is 0 Å². The van der Waals surface area contributed by atoms with Gasteiger partial charge in [0.2, 0.25) is 5.16 Å². The molecule has 2 rings (SSSR count). The number of thioether (sulfide) groups is 1. The van der Waals surface area contributed by atoms with Gasteiger partial charge in [-0.25, -0.2) is 4.98 Å². The lowest BCUT2D eigenvalue weighted by Crippen LogP contribution is -1.91. The number of aromatic nitrogens is 3. The highest BCUT2D eigenvalue weighted by Crippen LogP contribution is 2.33. The molecule has 1 unspecified atom stereocenters. The summed E-state index contributed by atoms with van der Waals surface area (Å²) in [7, 11) is 1.68. The molecule has 0 spiro atoms. The fraction of sp³-hybridized carbons (Fsp3) is 0.333. The molecule has 0 bridgehead atoms. The van der Waals surface area contributed by atoms with E-state index in [9.17, 15) is 0 Å². The molecule has 0 aliphatic rings. The monoisotopic (exact) mass is 249 g/mol. The second-order valence-corrected chi connectivity index (χ2v) is 5.05. The molecule has 0 aliphatic heterocycles. The predicted octanol–water partition coefficient (Wildman–Crippen LogP) is 2.98. The third-order valence-corrected chi connectivity index (χ3v) is 3.44. The van der Waals surface area contributed by atoms with Crippen molar-refractivity contribution in [2.75, 3.05) is 7.11 Å². The van der Waals surface area contributed by atoms with Crippen molar-refractivity contribution in [1.82, 2.24) is 15.2 Å². The zero-order valence-electron chi connectivity index (χ0n) is 10.1. The molecule has 0 aliphatic carbocycles. The van der Waals surface area contributed by atoms with Gasteiger partial charge in [-0.1, -0.05) is 23.9 Å². The molecule has 0 radical (unpaired) electrons. The van der Waals surface area contributed by atoms with Gasteiger partial charge in [0.25, 0.3) is 0 Å². The van der Waals surface area contributed by atoms with Crippen molar-refractivity contribution in [3.05, 3.63) is 35.7 Å². The topological polar surface area (TPSA) is 50.8 Å². The van der Waals surface area contributed by atoms with E-state index >= 15 is 0 Å². The molecular formula is C12H15N3OS. The number of H-pyrrole nitrogens is 1. The van der Waals surface area contributed by atoms with Crippen LogP contribution in [-0.4, -0.2) is 22.3 Å². The first kappa shape index (κ1) is 12.0. The van der Waals surface area contributed by atoms with Gasteiger partial charge in [-0.2, -0.15) is 0 Å². The zero-order valence-corrected chi connectivity index (χ0v) is 10.9. The molecule has 1 atom stereocenters. The van der Waals surface area contributed by atoms with Crippen LogP contribution in [0.15, 0.2) is 29.4 Å². The van der Waals surface area contributed by atoms with Gasteiger partial charge in [0.05, 0.1) is 7.11 Å². The lowest BCUT2D eigenvalue weighted by atomic mass is 10.1. The average Bonchev–Trinajstić information content (AvgIpc) is 2.75. The Bertz CT molecular complexity index is 498. The maximum Gasteiger partial charge on any atom is 0.209 e. The number of nitrogens with one attached hydrogen (secondary N) is 1. The fourth-order valence-electron chi connectivity index (χ4n) is 1.50. The largest absolute Gasteiger partial charge is 0.497 e. The van der Waals surface area contributed by atoms with E-state index in [4.69, 9.17) is 4.74 Å². The molecule has 1 aromatic carbocycles. The number of methoxy groups -OCH3 is 1. The van der Waals surface area contributed by atoms with Crippen molar-refractivity contribution in [3.8, 4) is 5.75 Å². The Balaban J connectivity index is 2.11. The quantitative estimate of drug-likeness (QED) is 0.846. The smallest absolute Gasteiger partial charge is 0.209 e. The van der Waals surface area contributed by atoms with Crippen molar-refractivity contribution in [2.24, 2.45) is 0 Å². The van der Waals surface area contributed by atoms with Crippen LogP contribution >= 0.6 is 11.8 Å². The minimum Gasteiger partial charge on any atom is -0.497 e. The van der Waals surface area contributed by atoms with Crippen LogP contribution in [0.4, 0.5) is 0 Å². The highest BCUT2D eigenvalue weighted by Gasteiger charge is 2.11. The standard InChI is InChI=1S/C12H15N3OS/c1-8(17-12-13-9(2)14-15-12)10-5-4-6-11(7-10)16-3/h4-8H,1-3H3,(H,13,14,15). The van der Waals surface area contributed by atoms with Gasteiger partial charge in [0, 0.05) is 5.25 Å². The van der Waals surface area contributed by atoms with E-state index in [1.165, 1.54) is 5.56 Å². The molecule has 17 heavy (non-hydrogen) atoms. The second-order valence-electron chi connectivity index (χ2n) is 3.74. The van der Waals surface area contributed by atoms with Gasteiger partial charge in [-0.15, -0.1) is 5.10 Å². The molecule has 5 heteroatoms. The van der Waals surface area contributed by atoms with E-state index in [1.54, 1.807) is 18.9 Å². The lowest BCUT2D eigenvalue weighted by molar-refractivity contribution is 0.414. The lowest BCUT2D eigenvalue weighted by Gasteiger charge is -2.10. The number of benzene rings is 1. The highest BCUT2D eigenvalue weighted by atomic mass is 32.2. The zero-order chi connectivity index (χ0) is 12.3. The number of hydrogen-bond donors (Lipinski definition) is 1. The number of hydrogen-bond acceptors (Lipinski definition) is 4. The summed E-state index contributed by atoms with van der Waals surface area (Å²) >= 11 is 1.63. The van der Waals surface area contributed by atoms with Gasteiger partial charge in [0.15, 0.2) is 0 Å². The van der Waals surface area contributed by atoms with Crippen LogP contribution in [0.1, 0.15) is 23.6 Å². The third-order valence-electron chi connectivity index (χ3n) is 2.42. The summed E-state index contributed by atoms with van der Waals surface area (Å²) in [5.74, 6) is 1.71. The highest BCUT2D eigenvalue weighted by molar-refractivity contribution is 7.99. The summed E-state index contributed by atoms with van der Waals surface area (Å²) in [4.78, 5) is 4.28.